The van der Waals surface area contributed by atoms with Crippen LogP contribution in [-0.4, -0.2) is 29.6 Å². The van der Waals surface area contributed by atoms with Gasteiger partial charge in [0.1, 0.15) is 23.9 Å². The van der Waals surface area contributed by atoms with Crippen molar-refractivity contribution in [2.45, 2.75) is 33.9 Å². The summed E-state index contributed by atoms with van der Waals surface area (Å²) in [6.45, 7) is 7.07. The number of nitrogens with zero attached hydrogens (tertiary/aromatic N) is 2. The average Bonchev–Trinajstić information content (AvgIpc) is 3.15. The minimum absolute atomic E-state index is 0.108. The second kappa shape index (κ2) is 9.77. The van der Waals surface area contributed by atoms with Gasteiger partial charge in [0.2, 0.25) is 0 Å². The largest absolute Gasteiger partial charge is 0.494 e. The van der Waals surface area contributed by atoms with Crippen molar-refractivity contribution in [2.75, 3.05) is 13.7 Å². The van der Waals surface area contributed by atoms with E-state index in [1.807, 2.05) is 81.4 Å². The lowest BCUT2D eigenvalue weighted by atomic mass is 10.0. The summed E-state index contributed by atoms with van der Waals surface area (Å²) in [7, 11) is 1.80. The fourth-order valence-corrected chi connectivity index (χ4v) is 3.77. The van der Waals surface area contributed by atoms with Crippen LogP contribution in [0.15, 0.2) is 65.2 Å². The number of rotatable bonds is 8. The van der Waals surface area contributed by atoms with E-state index in [0.29, 0.717) is 30.2 Å². The molecule has 0 saturated carbocycles. The molecule has 0 N–H and O–H groups in total. The highest BCUT2D eigenvalue weighted by Gasteiger charge is 2.20. The lowest BCUT2D eigenvalue weighted by molar-refractivity contribution is 0.0780. The molecule has 0 fully saturated rings. The quantitative estimate of drug-likeness (QED) is 0.349. The van der Waals surface area contributed by atoms with Crippen molar-refractivity contribution in [2.24, 2.45) is 0 Å². The zero-order chi connectivity index (χ0) is 23.4. The first-order chi connectivity index (χ1) is 16.0. The molecule has 6 heteroatoms. The molecule has 0 radical (unpaired) electrons. The summed E-state index contributed by atoms with van der Waals surface area (Å²) < 4.78 is 16.9. The first-order valence-electron chi connectivity index (χ1n) is 11.0. The van der Waals surface area contributed by atoms with E-state index in [-0.39, 0.29) is 12.5 Å². The molecule has 1 heterocycles. The van der Waals surface area contributed by atoms with Gasteiger partial charge in [0, 0.05) is 13.6 Å². The summed E-state index contributed by atoms with van der Waals surface area (Å²) in [6, 6.07) is 19.6. The van der Waals surface area contributed by atoms with Crippen molar-refractivity contribution in [3.8, 4) is 11.5 Å². The summed E-state index contributed by atoms with van der Waals surface area (Å²) >= 11 is 0. The van der Waals surface area contributed by atoms with Crippen LogP contribution in [0.2, 0.25) is 0 Å². The molecule has 33 heavy (non-hydrogen) atoms. The monoisotopic (exact) mass is 444 g/mol. The molecule has 0 unspecified atom stereocenters. The Kier molecular flexibility index (Phi) is 6.63. The van der Waals surface area contributed by atoms with E-state index >= 15 is 0 Å². The van der Waals surface area contributed by atoms with E-state index in [1.54, 1.807) is 11.9 Å². The second-order valence-electron chi connectivity index (χ2n) is 8.03. The Balaban J connectivity index is 1.60. The number of aromatic nitrogens is 1. The van der Waals surface area contributed by atoms with Gasteiger partial charge in [-0.1, -0.05) is 41.6 Å². The molecule has 1 aromatic heterocycles. The molecule has 0 aliphatic carbocycles. The van der Waals surface area contributed by atoms with E-state index in [4.69, 9.17) is 14.0 Å². The van der Waals surface area contributed by atoms with Crippen LogP contribution in [0.25, 0.3) is 10.8 Å². The van der Waals surface area contributed by atoms with Crippen LogP contribution in [-0.2, 0) is 13.2 Å². The van der Waals surface area contributed by atoms with Gasteiger partial charge in [0.15, 0.2) is 0 Å². The number of hydrogen-bond acceptors (Lipinski definition) is 5. The van der Waals surface area contributed by atoms with Gasteiger partial charge in [-0.15, -0.1) is 0 Å². The standard InChI is InChI=1S/C27H28N2O4/c1-5-31-23-12-10-20(11-13-23)16-29(4)27(30)24-14-21-8-6-7-9-22(21)15-26(24)32-17-25-18(2)28-33-19(25)3/h6-15H,5,16-17H2,1-4H3. The molecule has 0 saturated heterocycles. The van der Waals surface area contributed by atoms with Crippen molar-refractivity contribution in [1.29, 1.82) is 0 Å². The van der Waals surface area contributed by atoms with Gasteiger partial charge < -0.3 is 18.9 Å². The van der Waals surface area contributed by atoms with Crippen molar-refractivity contribution < 1.29 is 18.8 Å². The SMILES string of the molecule is CCOc1ccc(CN(C)C(=O)c2cc3ccccc3cc2OCc2c(C)noc2C)cc1. The van der Waals surface area contributed by atoms with Crippen LogP contribution in [0.1, 0.15) is 39.9 Å². The Morgan fingerprint density at radius 1 is 1.00 bits per heavy atom. The summed E-state index contributed by atoms with van der Waals surface area (Å²) in [5.74, 6) is 1.97. The van der Waals surface area contributed by atoms with Crippen LogP contribution in [0, 0.1) is 13.8 Å². The Morgan fingerprint density at radius 3 is 2.33 bits per heavy atom. The third-order valence-corrected chi connectivity index (χ3v) is 5.63. The van der Waals surface area contributed by atoms with Gasteiger partial charge in [-0.2, -0.15) is 0 Å². The van der Waals surface area contributed by atoms with E-state index in [2.05, 4.69) is 5.16 Å². The predicted octanol–water partition coefficient (Wildman–Crippen LogP) is 5.69. The summed E-state index contributed by atoms with van der Waals surface area (Å²) in [6.07, 6.45) is 0. The molecule has 0 spiro atoms. The van der Waals surface area contributed by atoms with Crippen molar-refractivity contribution in [3.05, 3.63) is 88.8 Å². The number of ether oxygens (including phenoxy) is 2. The maximum atomic E-state index is 13.5. The van der Waals surface area contributed by atoms with Crippen LogP contribution >= 0.6 is 0 Å². The lowest BCUT2D eigenvalue weighted by Crippen LogP contribution is -2.26. The number of fused-ring (bicyclic) bond motifs is 1. The molecule has 4 aromatic rings. The number of hydrogen-bond donors (Lipinski definition) is 0. The molecule has 1 amide bonds. The fourth-order valence-electron chi connectivity index (χ4n) is 3.77. The van der Waals surface area contributed by atoms with E-state index < -0.39 is 0 Å². The van der Waals surface area contributed by atoms with Crippen LogP contribution in [0.5, 0.6) is 11.5 Å². The number of carbonyl (C=O) groups excluding carboxylic acids is 1. The minimum atomic E-state index is -0.108. The van der Waals surface area contributed by atoms with Gasteiger partial charge >= 0.3 is 0 Å². The smallest absolute Gasteiger partial charge is 0.257 e. The van der Waals surface area contributed by atoms with Gasteiger partial charge in [-0.25, -0.2) is 0 Å². The van der Waals surface area contributed by atoms with Crippen molar-refractivity contribution in [1.82, 2.24) is 10.1 Å². The minimum Gasteiger partial charge on any atom is -0.494 e. The first kappa shape index (κ1) is 22.4. The maximum Gasteiger partial charge on any atom is 0.257 e. The molecule has 6 nitrogen and oxygen atoms in total. The van der Waals surface area contributed by atoms with E-state index in [1.165, 1.54) is 0 Å². The van der Waals surface area contributed by atoms with Crippen molar-refractivity contribution >= 4 is 16.7 Å². The lowest BCUT2D eigenvalue weighted by Gasteiger charge is -2.20. The summed E-state index contributed by atoms with van der Waals surface area (Å²) in [5, 5.41) is 5.99. The topological polar surface area (TPSA) is 64.8 Å². The number of benzene rings is 3. The van der Waals surface area contributed by atoms with Crippen molar-refractivity contribution in [3.63, 3.8) is 0 Å². The molecule has 0 bridgehead atoms. The van der Waals surface area contributed by atoms with Crippen LogP contribution in [0.3, 0.4) is 0 Å². The molecule has 170 valence electrons. The Labute approximate surface area is 193 Å². The number of carbonyl (C=O) groups is 1. The van der Waals surface area contributed by atoms with Crippen LogP contribution in [0.4, 0.5) is 0 Å². The molecular formula is C27H28N2O4. The number of aryl methyl sites for hydroxylation is 2. The number of amides is 1. The van der Waals surface area contributed by atoms with E-state index in [0.717, 1.165) is 33.3 Å². The second-order valence-corrected chi connectivity index (χ2v) is 8.03. The Hall–Kier alpha value is -3.80. The normalized spacial score (nSPS) is 10.9. The third-order valence-electron chi connectivity index (χ3n) is 5.63. The molecule has 3 aromatic carbocycles. The predicted molar refractivity (Wildman–Crippen MR) is 128 cm³/mol. The maximum absolute atomic E-state index is 13.5. The van der Waals surface area contributed by atoms with Crippen LogP contribution < -0.4 is 9.47 Å². The molecule has 0 aliphatic heterocycles. The van der Waals surface area contributed by atoms with E-state index in [9.17, 15) is 4.79 Å². The highest BCUT2D eigenvalue weighted by molar-refractivity contribution is 6.01. The summed E-state index contributed by atoms with van der Waals surface area (Å²) in [5.41, 5.74) is 3.22. The highest BCUT2D eigenvalue weighted by Crippen LogP contribution is 2.29. The Bertz CT molecular complexity index is 1240. The molecule has 0 atom stereocenters. The summed E-state index contributed by atoms with van der Waals surface area (Å²) in [4.78, 5) is 15.2. The zero-order valence-electron chi connectivity index (χ0n) is 19.4. The highest BCUT2D eigenvalue weighted by atomic mass is 16.5. The fraction of sp³-hybridized carbons (Fsp3) is 0.259. The Morgan fingerprint density at radius 2 is 1.70 bits per heavy atom. The van der Waals surface area contributed by atoms with Gasteiger partial charge in [-0.05, 0) is 61.4 Å². The molecular weight excluding hydrogens is 416 g/mol. The first-order valence-corrected chi connectivity index (χ1v) is 11.0. The molecule has 4 rings (SSSR count). The zero-order valence-corrected chi connectivity index (χ0v) is 19.4. The van der Waals surface area contributed by atoms with Gasteiger partial charge in [0.05, 0.1) is 23.4 Å². The molecule has 0 aliphatic rings. The third kappa shape index (κ3) is 5.00. The average molecular weight is 445 g/mol. The van der Waals surface area contributed by atoms with Gasteiger partial charge in [0.25, 0.3) is 5.91 Å². The van der Waals surface area contributed by atoms with Gasteiger partial charge in [-0.3, -0.25) is 4.79 Å².